The third kappa shape index (κ3) is 5.14. The van der Waals surface area contributed by atoms with Gasteiger partial charge in [0.25, 0.3) is 0 Å². The lowest BCUT2D eigenvalue weighted by Crippen LogP contribution is -2.28. The lowest BCUT2D eigenvalue weighted by molar-refractivity contribution is 0.220. The van der Waals surface area contributed by atoms with Crippen LogP contribution in [0.1, 0.15) is 45.7 Å². The molecule has 1 rings (SSSR count). The molecule has 0 amide bonds. The highest BCUT2D eigenvalue weighted by Gasteiger charge is 2.13. The molecule has 1 aromatic carbocycles. The van der Waals surface area contributed by atoms with Crippen molar-refractivity contribution in [2.75, 3.05) is 32.8 Å². The van der Waals surface area contributed by atoms with Gasteiger partial charge in [-0.15, -0.1) is 0 Å². The van der Waals surface area contributed by atoms with Gasteiger partial charge in [-0.2, -0.15) is 0 Å². The number of nitrogens with zero attached hydrogens (tertiary/aromatic N) is 1. The Labute approximate surface area is 124 Å². The highest BCUT2D eigenvalue weighted by Crippen LogP contribution is 2.26. The second kappa shape index (κ2) is 9.78. The molecule has 0 aliphatic heterocycles. The summed E-state index contributed by atoms with van der Waals surface area (Å²) in [7, 11) is 0. The normalized spacial score (nSPS) is 12.7. The molecule has 0 radical (unpaired) electrons. The summed E-state index contributed by atoms with van der Waals surface area (Å²) in [6.07, 6.45) is 1.07. The number of hydrogen-bond donors (Lipinski definition) is 1. The van der Waals surface area contributed by atoms with Gasteiger partial charge in [-0.05, 0) is 32.1 Å². The van der Waals surface area contributed by atoms with Gasteiger partial charge in [0.1, 0.15) is 12.4 Å². The van der Waals surface area contributed by atoms with Gasteiger partial charge in [-0.3, -0.25) is 0 Å². The number of likely N-dealkylation sites (N-methyl/N-ethyl adjacent to an activating group) is 1. The van der Waals surface area contributed by atoms with Crippen LogP contribution in [0.5, 0.6) is 5.75 Å². The van der Waals surface area contributed by atoms with Crippen LogP contribution in [0.15, 0.2) is 24.3 Å². The smallest absolute Gasteiger partial charge is 0.124 e. The summed E-state index contributed by atoms with van der Waals surface area (Å²) < 4.78 is 6.02. The minimum atomic E-state index is 0.379. The average Bonchev–Trinajstić information content (AvgIpc) is 2.50. The highest BCUT2D eigenvalue weighted by molar-refractivity contribution is 5.35. The SMILES string of the molecule is CCNC(CC)c1ccccc1OCCN(CC)CC. The van der Waals surface area contributed by atoms with E-state index in [0.717, 1.165) is 45.0 Å². The Morgan fingerprint density at radius 3 is 2.40 bits per heavy atom. The first-order valence-corrected chi connectivity index (χ1v) is 7.94. The summed E-state index contributed by atoms with van der Waals surface area (Å²) in [5.74, 6) is 1.02. The molecule has 0 spiro atoms. The van der Waals surface area contributed by atoms with E-state index in [1.54, 1.807) is 0 Å². The molecule has 3 nitrogen and oxygen atoms in total. The average molecular weight is 278 g/mol. The van der Waals surface area contributed by atoms with Crippen LogP contribution in [0.4, 0.5) is 0 Å². The third-order valence-electron chi connectivity index (χ3n) is 3.71. The fourth-order valence-electron chi connectivity index (χ4n) is 2.44. The molecule has 114 valence electrons. The van der Waals surface area contributed by atoms with Gasteiger partial charge < -0.3 is 15.0 Å². The third-order valence-corrected chi connectivity index (χ3v) is 3.71. The monoisotopic (exact) mass is 278 g/mol. The summed E-state index contributed by atoms with van der Waals surface area (Å²) in [5, 5.41) is 3.52. The molecule has 0 saturated heterocycles. The Morgan fingerprint density at radius 2 is 1.80 bits per heavy atom. The van der Waals surface area contributed by atoms with Crippen LogP contribution in [0.25, 0.3) is 0 Å². The van der Waals surface area contributed by atoms with Crippen LogP contribution in [0.3, 0.4) is 0 Å². The van der Waals surface area contributed by atoms with Crippen molar-refractivity contribution in [3.8, 4) is 5.75 Å². The van der Waals surface area contributed by atoms with Crippen molar-refractivity contribution in [2.24, 2.45) is 0 Å². The van der Waals surface area contributed by atoms with Crippen molar-refractivity contribution in [1.82, 2.24) is 10.2 Å². The largest absolute Gasteiger partial charge is 0.492 e. The van der Waals surface area contributed by atoms with Crippen molar-refractivity contribution in [3.63, 3.8) is 0 Å². The summed E-state index contributed by atoms with van der Waals surface area (Å²) in [5.41, 5.74) is 1.27. The number of hydrogen-bond acceptors (Lipinski definition) is 3. The minimum Gasteiger partial charge on any atom is -0.492 e. The summed E-state index contributed by atoms with van der Waals surface area (Å²) in [6.45, 7) is 13.6. The van der Waals surface area contributed by atoms with Crippen LogP contribution in [0, 0.1) is 0 Å². The Balaban J connectivity index is 2.65. The molecule has 0 bridgehead atoms. The molecule has 1 aromatic rings. The molecular weight excluding hydrogens is 248 g/mol. The van der Waals surface area contributed by atoms with E-state index in [9.17, 15) is 0 Å². The van der Waals surface area contributed by atoms with Crippen molar-refractivity contribution >= 4 is 0 Å². The van der Waals surface area contributed by atoms with E-state index in [1.165, 1.54) is 5.56 Å². The molecule has 0 fully saturated rings. The van der Waals surface area contributed by atoms with Crippen molar-refractivity contribution in [2.45, 2.75) is 40.2 Å². The van der Waals surface area contributed by atoms with Crippen molar-refractivity contribution < 1.29 is 4.74 Å². The fraction of sp³-hybridized carbons (Fsp3) is 0.647. The molecule has 3 heteroatoms. The Hall–Kier alpha value is -1.06. The van der Waals surface area contributed by atoms with Crippen LogP contribution in [-0.4, -0.2) is 37.7 Å². The molecule has 0 aliphatic carbocycles. The van der Waals surface area contributed by atoms with E-state index in [0.29, 0.717) is 6.04 Å². The maximum absolute atomic E-state index is 6.02. The topological polar surface area (TPSA) is 24.5 Å². The predicted molar refractivity (Wildman–Crippen MR) is 86.4 cm³/mol. The molecule has 0 saturated carbocycles. The Morgan fingerprint density at radius 1 is 1.10 bits per heavy atom. The summed E-state index contributed by atoms with van der Waals surface area (Å²) in [4.78, 5) is 2.38. The summed E-state index contributed by atoms with van der Waals surface area (Å²) >= 11 is 0. The maximum Gasteiger partial charge on any atom is 0.124 e. The number of para-hydroxylation sites is 1. The predicted octanol–water partition coefficient (Wildman–Crippen LogP) is 3.47. The minimum absolute atomic E-state index is 0.379. The first kappa shape index (κ1) is 17.0. The van der Waals surface area contributed by atoms with Crippen LogP contribution in [0.2, 0.25) is 0 Å². The molecule has 0 aliphatic rings. The number of ether oxygens (including phenoxy) is 1. The zero-order chi connectivity index (χ0) is 14.8. The Bertz CT molecular complexity index is 364. The first-order chi connectivity index (χ1) is 9.76. The zero-order valence-electron chi connectivity index (χ0n) is 13.5. The van der Waals surface area contributed by atoms with Gasteiger partial charge in [-0.1, -0.05) is 45.9 Å². The molecule has 1 atom stereocenters. The van der Waals surface area contributed by atoms with Crippen molar-refractivity contribution in [3.05, 3.63) is 29.8 Å². The van der Waals surface area contributed by atoms with Gasteiger partial charge in [0, 0.05) is 18.2 Å². The molecule has 1 unspecified atom stereocenters. The fourth-order valence-corrected chi connectivity index (χ4v) is 2.44. The van der Waals surface area contributed by atoms with Crippen LogP contribution >= 0.6 is 0 Å². The lowest BCUT2D eigenvalue weighted by atomic mass is 10.0. The molecular formula is C17H30N2O. The zero-order valence-corrected chi connectivity index (χ0v) is 13.5. The highest BCUT2D eigenvalue weighted by atomic mass is 16.5. The van der Waals surface area contributed by atoms with Gasteiger partial charge in [0.2, 0.25) is 0 Å². The van der Waals surface area contributed by atoms with E-state index in [4.69, 9.17) is 4.74 Å². The lowest BCUT2D eigenvalue weighted by Gasteiger charge is -2.22. The molecule has 0 aromatic heterocycles. The quantitative estimate of drug-likeness (QED) is 0.709. The number of benzene rings is 1. The Kier molecular flexibility index (Phi) is 8.31. The maximum atomic E-state index is 6.02. The molecule has 1 N–H and O–H groups in total. The number of nitrogens with one attached hydrogen (secondary N) is 1. The number of rotatable bonds is 10. The second-order valence-corrected chi connectivity index (χ2v) is 4.93. The van der Waals surface area contributed by atoms with Gasteiger partial charge in [-0.25, -0.2) is 0 Å². The first-order valence-electron chi connectivity index (χ1n) is 7.94. The van der Waals surface area contributed by atoms with E-state index < -0.39 is 0 Å². The molecule has 0 heterocycles. The van der Waals surface area contributed by atoms with Crippen LogP contribution < -0.4 is 10.1 Å². The van der Waals surface area contributed by atoms with E-state index in [-0.39, 0.29) is 0 Å². The van der Waals surface area contributed by atoms with Gasteiger partial charge in [0.05, 0.1) is 0 Å². The van der Waals surface area contributed by atoms with E-state index >= 15 is 0 Å². The van der Waals surface area contributed by atoms with Gasteiger partial charge >= 0.3 is 0 Å². The standard InChI is InChI=1S/C17H30N2O/c1-5-16(18-6-2)15-11-9-10-12-17(15)20-14-13-19(7-3)8-4/h9-12,16,18H,5-8,13-14H2,1-4H3. The van der Waals surface area contributed by atoms with E-state index in [1.807, 2.05) is 0 Å². The van der Waals surface area contributed by atoms with Gasteiger partial charge in [0.15, 0.2) is 0 Å². The molecule has 20 heavy (non-hydrogen) atoms. The second-order valence-electron chi connectivity index (χ2n) is 4.93. The summed E-state index contributed by atoms with van der Waals surface area (Å²) in [6, 6.07) is 8.77. The van der Waals surface area contributed by atoms with Crippen molar-refractivity contribution in [1.29, 1.82) is 0 Å². The van der Waals surface area contributed by atoms with Crippen LogP contribution in [-0.2, 0) is 0 Å². The van der Waals surface area contributed by atoms with E-state index in [2.05, 4.69) is 62.2 Å².